The minimum Gasteiger partial charge on any atom is -0.479 e. The number of amides is 1. The summed E-state index contributed by atoms with van der Waals surface area (Å²) in [4.78, 5) is 24.0. The molecule has 0 spiro atoms. The second-order valence-electron chi connectivity index (χ2n) is 5.40. The number of carboxylic acid groups (broad SMARTS) is 1. The first-order chi connectivity index (χ1) is 10.5. The number of benzene rings is 2. The molecule has 0 aliphatic heterocycles. The molecule has 0 aromatic heterocycles. The first kappa shape index (κ1) is 15.0. The Morgan fingerprint density at radius 3 is 2.32 bits per heavy atom. The van der Waals surface area contributed by atoms with E-state index in [0.717, 1.165) is 9.13 Å². The lowest BCUT2D eigenvalue weighted by molar-refractivity contribution is -0.140. The Morgan fingerprint density at radius 2 is 1.73 bits per heavy atom. The van der Waals surface area contributed by atoms with Crippen LogP contribution in [0.25, 0.3) is 0 Å². The van der Waals surface area contributed by atoms with Crippen molar-refractivity contribution < 1.29 is 14.7 Å². The molecule has 5 heteroatoms. The molecule has 1 aliphatic rings. The maximum absolute atomic E-state index is 12.3. The Morgan fingerprint density at radius 1 is 1.09 bits per heavy atom. The van der Waals surface area contributed by atoms with Crippen LogP contribution in [0.4, 0.5) is 0 Å². The van der Waals surface area contributed by atoms with Crippen LogP contribution in [-0.2, 0) is 4.79 Å². The largest absolute Gasteiger partial charge is 0.479 e. The monoisotopic (exact) mass is 407 g/mol. The molecule has 2 N–H and O–H groups in total. The van der Waals surface area contributed by atoms with Crippen LogP contribution in [0, 0.1) is 3.57 Å². The van der Waals surface area contributed by atoms with Crippen molar-refractivity contribution in [3.8, 4) is 0 Å². The Bertz CT molecular complexity index is 714. The number of carbonyl (C=O) groups excluding carboxylic acids is 1. The lowest BCUT2D eigenvalue weighted by Crippen LogP contribution is -2.44. The van der Waals surface area contributed by atoms with Gasteiger partial charge in [0, 0.05) is 15.1 Å². The third-order valence-electron chi connectivity index (χ3n) is 3.99. The standard InChI is InChI=1S/C17H14INO3/c18-13-8-6-12(7-9-13)15(20)19-17(16(21)22)10-14(17)11-4-2-1-3-5-11/h1-9,14H,10H2,(H,19,20)(H,21,22). The van der Waals surface area contributed by atoms with Gasteiger partial charge in [-0.25, -0.2) is 4.79 Å². The van der Waals surface area contributed by atoms with E-state index in [2.05, 4.69) is 27.9 Å². The Balaban J connectivity index is 1.81. The summed E-state index contributed by atoms with van der Waals surface area (Å²) in [5.74, 6) is -1.52. The molecule has 2 atom stereocenters. The summed E-state index contributed by atoms with van der Waals surface area (Å²) in [6, 6.07) is 16.5. The number of aliphatic carboxylic acids is 1. The molecule has 4 nitrogen and oxygen atoms in total. The molecule has 0 heterocycles. The molecule has 2 unspecified atom stereocenters. The first-order valence-electron chi connectivity index (χ1n) is 6.89. The molecule has 2 aromatic carbocycles. The van der Waals surface area contributed by atoms with Gasteiger partial charge >= 0.3 is 5.97 Å². The third-order valence-corrected chi connectivity index (χ3v) is 4.71. The summed E-state index contributed by atoms with van der Waals surface area (Å²) in [6.45, 7) is 0. The fourth-order valence-corrected chi connectivity index (χ4v) is 3.01. The molecule has 2 aromatic rings. The number of carbonyl (C=O) groups is 2. The van der Waals surface area contributed by atoms with E-state index in [4.69, 9.17) is 0 Å². The highest BCUT2D eigenvalue weighted by Gasteiger charge is 2.62. The molecule has 22 heavy (non-hydrogen) atoms. The Kier molecular flexibility index (Phi) is 3.90. The molecule has 1 fully saturated rings. The molecule has 0 saturated heterocycles. The summed E-state index contributed by atoms with van der Waals surface area (Å²) < 4.78 is 1.02. The highest BCUT2D eigenvalue weighted by atomic mass is 127. The maximum Gasteiger partial charge on any atom is 0.330 e. The molecule has 0 radical (unpaired) electrons. The van der Waals surface area contributed by atoms with Crippen LogP contribution in [0.15, 0.2) is 54.6 Å². The van der Waals surface area contributed by atoms with Gasteiger partial charge in [0.2, 0.25) is 0 Å². The van der Waals surface area contributed by atoms with Crippen LogP contribution < -0.4 is 5.32 Å². The summed E-state index contributed by atoms with van der Waals surface area (Å²) in [6.07, 6.45) is 0.419. The van der Waals surface area contributed by atoms with Crippen LogP contribution in [0.3, 0.4) is 0 Å². The van der Waals surface area contributed by atoms with Gasteiger partial charge in [-0.2, -0.15) is 0 Å². The summed E-state index contributed by atoms with van der Waals surface area (Å²) in [7, 11) is 0. The number of nitrogens with one attached hydrogen (secondary N) is 1. The van der Waals surface area contributed by atoms with Crippen LogP contribution in [0.5, 0.6) is 0 Å². The fourth-order valence-electron chi connectivity index (χ4n) is 2.65. The van der Waals surface area contributed by atoms with Crippen LogP contribution in [0.2, 0.25) is 0 Å². The molecule has 3 rings (SSSR count). The van der Waals surface area contributed by atoms with E-state index < -0.39 is 11.5 Å². The lowest BCUT2D eigenvalue weighted by Gasteiger charge is -2.15. The zero-order valence-electron chi connectivity index (χ0n) is 11.6. The van der Waals surface area contributed by atoms with E-state index in [0.29, 0.717) is 12.0 Å². The van der Waals surface area contributed by atoms with E-state index in [1.54, 1.807) is 12.1 Å². The molecular formula is C17H14INO3. The van der Waals surface area contributed by atoms with Crippen molar-refractivity contribution in [3.63, 3.8) is 0 Å². The number of hydrogen-bond acceptors (Lipinski definition) is 2. The summed E-state index contributed by atoms with van der Waals surface area (Å²) >= 11 is 2.16. The quantitative estimate of drug-likeness (QED) is 0.766. The minimum absolute atomic E-state index is 0.181. The minimum atomic E-state index is -1.19. The molecule has 1 saturated carbocycles. The Labute approximate surface area is 141 Å². The molecule has 0 bridgehead atoms. The van der Waals surface area contributed by atoms with Crippen molar-refractivity contribution in [2.45, 2.75) is 17.9 Å². The van der Waals surface area contributed by atoms with Crippen molar-refractivity contribution in [2.75, 3.05) is 0 Å². The lowest BCUT2D eigenvalue weighted by atomic mass is 10.1. The number of halogens is 1. The number of rotatable bonds is 4. The SMILES string of the molecule is O=C(NC1(C(=O)O)CC1c1ccccc1)c1ccc(I)cc1. The highest BCUT2D eigenvalue weighted by Crippen LogP contribution is 2.51. The summed E-state index contributed by atoms with van der Waals surface area (Å²) in [5.41, 5.74) is 0.217. The molecule has 1 amide bonds. The van der Waals surface area contributed by atoms with Gasteiger partial charge in [-0.15, -0.1) is 0 Å². The zero-order valence-corrected chi connectivity index (χ0v) is 13.8. The van der Waals surface area contributed by atoms with E-state index >= 15 is 0 Å². The van der Waals surface area contributed by atoms with Gasteiger partial charge in [0.05, 0.1) is 0 Å². The number of hydrogen-bond donors (Lipinski definition) is 2. The van der Waals surface area contributed by atoms with Crippen molar-refractivity contribution in [3.05, 3.63) is 69.3 Å². The van der Waals surface area contributed by atoms with Crippen LogP contribution in [0.1, 0.15) is 28.3 Å². The second kappa shape index (κ2) is 5.72. The van der Waals surface area contributed by atoms with Crippen LogP contribution >= 0.6 is 22.6 Å². The third kappa shape index (κ3) is 2.72. The van der Waals surface area contributed by atoms with Crippen molar-refractivity contribution in [2.24, 2.45) is 0 Å². The van der Waals surface area contributed by atoms with Gasteiger partial charge in [-0.05, 0) is 58.8 Å². The van der Waals surface area contributed by atoms with E-state index in [1.165, 1.54) is 0 Å². The van der Waals surface area contributed by atoms with Gasteiger partial charge in [-0.3, -0.25) is 4.79 Å². The smallest absolute Gasteiger partial charge is 0.330 e. The predicted octanol–water partition coefficient (Wildman–Crippen LogP) is 3.03. The van der Waals surface area contributed by atoms with Gasteiger partial charge in [0.25, 0.3) is 5.91 Å². The van der Waals surface area contributed by atoms with Crippen LogP contribution in [-0.4, -0.2) is 22.5 Å². The van der Waals surface area contributed by atoms with E-state index in [1.807, 2.05) is 42.5 Å². The fraction of sp³-hybridized carbons (Fsp3) is 0.176. The average molecular weight is 407 g/mol. The van der Waals surface area contributed by atoms with Gasteiger partial charge < -0.3 is 10.4 Å². The average Bonchev–Trinajstić information content (AvgIpc) is 3.24. The van der Waals surface area contributed by atoms with Crippen molar-refractivity contribution >= 4 is 34.5 Å². The van der Waals surface area contributed by atoms with Gasteiger partial charge in [-0.1, -0.05) is 30.3 Å². The zero-order chi connectivity index (χ0) is 15.7. The van der Waals surface area contributed by atoms with Crippen molar-refractivity contribution in [1.29, 1.82) is 0 Å². The summed E-state index contributed by atoms with van der Waals surface area (Å²) in [5, 5.41) is 12.3. The second-order valence-corrected chi connectivity index (χ2v) is 6.65. The molecule has 1 aliphatic carbocycles. The highest BCUT2D eigenvalue weighted by molar-refractivity contribution is 14.1. The maximum atomic E-state index is 12.3. The van der Waals surface area contributed by atoms with Crippen molar-refractivity contribution in [1.82, 2.24) is 5.32 Å². The molecular weight excluding hydrogens is 393 g/mol. The Hall–Kier alpha value is -1.89. The van der Waals surface area contributed by atoms with E-state index in [-0.39, 0.29) is 11.8 Å². The van der Waals surface area contributed by atoms with Gasteiger partial charge in [0.1, 0.15) is 5.54 Å². The normalized spacial score (nSPS) is 22.9. The van der Waals surface area contributed by atoms with Gasteiger partial charge in [0.15, 0.2) is 0 Å². The number of carboxylic acids is 1. The molecule has 112 valence electrons. The predicted molar refractivity (Wildman–Crippen MR) is 90.8 cm³/mol. The van der Waals surface area contributed by atoms with E-state index in [9.17, 15) is 14.7 Å². The first-order valence-corrected chi connectivity index (χ1v) is 7.97. The topological polar surface area (TPSA) is 66.4 Å².